The molecular formula is C20H25N3O2. The Hall–Kier alpha value is -2.69. The first-order valence-corrected chi connectivity index (χ1v) is 8.36. The van der Waals surface area contributed by atoms with E-state index in [4.69, 9.17) is 0 Å². The summed E-state index contributed by atoms with van der Waals surface area (Å²) in [5.74, 6) is -0.558. The smallest absolute Gasteiger partial charge is 0.274 e. The predicted octanol–water partition coefficient (Wildman–Crippen LogP) is 3.77. The van der Waals surface area contributed by atoms with Crippen molar-refractivity contribution in [2.24, 2.45) is 0 Å². The highest BCUT2D eigenvalue weighted by molar-refractivity contribution is 6.05. The summed E-state index contributed by atoms with van der Waals surface area (Å²) < 4.78 is 0. The molecule has 0 radical (unpaired) electrons. The first-order valence-electron chi connectivity index (χ1n) is 8.36. The third-order valence-corrected chi connectivity index (χ3v) is 3.66. The molecule has 0 aliphatic rings. The molecule has 0 atom stereocenters. The van der Waals surface area contributed by atoms with Crippen molar-refractivity contribution in [2.75, 3.05) is 5.32 Å². The molecule has 1 aromatic heterocycles. The number of carbonyl (C=O) groups is 2. The Morgan fingerprint density at radius 2 is 1.72 bits per heavy atom. The molecule has 0 unspecified atom stereocenters. The maximum absolute atomic E-state index is 12.6. The monoisotopic (exact) mass is 339 g/mol. The van der Waals surface area contributed by atoms with E-state index in [0.29, 0.717) is 5.56 Å². The minimum Gasteiger partial charge on any atom is -0.350 e. The molecule has 0 saturated heterocycles. The van der Waals surface area contributed by atoms with Gasteiger partial charge in [-0.05, 0) is 43.0 Å². The molecule has 1 aromatic carbocycles. The van der Waals surface area contributed by atoms with E-state index < -0.39 is 0 Å². The van der Waals surface area contributed by atoms with Crippen LogP contribution in [-0.2, 0) is 5.41 Å². The van der Waals surface area contributed by atoms with Gasteiger partial charge in [0.2, 0.25) is 0 Å². The van der Waals surface area contributed by atoms with E-state index in [1.807, 2.05) is 38.1 Å². The number of carbonyl (C=O) groups excluding carboxylic acids is 2. The number of hydrogen-bond donors (Lipinski definition) is 2. The van der Waals surface area contributed by atoms with Crippen LogP contribution in [0.2, 0.25) is 0 Å². The highest BCUT2D eigenvalue weighted by Gasteiger charge is 2.19. The summed E-state index contributed by atoms with van der Waals surface area (Å²) in [4.78, 5) is 28.8. The summed E-state index contributed by atoms with van der Waals surface area (Å²) in [5.41, 5.74) is 2.31. The van der Waals surface area contributed by atoms with Gasteiger partial charge in [-0.1, -0.05) is 39.0 Å². The third-order valence-electron chi connectivity index (χ3n) is 3.66. The zero-order valence-corrected chi connectivity index (χ0v) is 15.4. The van der Waals surface area contributed by atoms with Gasteiger partial charge in [0.25, 0.3) is 11.8 Å². The van der Waals surface area contributed by atoms with Crippen molar-refractivity contribution >= 4 is 17.5 Å². The van der Waals surface area contributed by atoms with E-state index >= 15 is 0 Å². The molecule has 0 bridgehead atoms. The SMILES string of the molecule is CC(C)NC(=O)c1ccnc(C(=O)Nc2ccccc2C(C)(C)C)c1. The molecule has 25 heavy (non-hydrogen) atoms. The van der Waals surface area contributed by atoms with E-state index in [0.717, 1.165) is 11.3 Å². The highest BCUT2D eigenvalue weighted by atomic mass is 16.2. The number of nitrogens with one attached hydrogen (secondary N) is 2. The lowest BCUT2D eigenvalue weighted by molar-refractivity contribution is 0.0943. The lowest BCUT2D eigenvalue weighted by Crippen LogP contribution is -2.30. The number of amides is 2. The van der Waals surface area contributed by atoms with E-state index in [2.05, 4.69) is 36.4 Å². The Morgan fingerprint density at radius 1 is 1.04 bits per heavy atom. The van der Waals surface area contributed by atoms with E-state index in [9.17, 15) is 9.59 Å². The Bertz CT molecular complexity index is 777. The van der Waals surface area contributed by atoms with Crippen LogP contribution >= 0.6 is 0 Å². The van der Waals surface area contributed by atoms with Crippen molar-refractivity contribution in [3.05, 3.63) is 59.4 Å². The van der Waals surface area contributed by atoms with Crippen LogP contribution in [-0.4, -0.2) is 22.8 Å². The Kier molecular flexibility index (Phi) is 5.57. The van der Waals surface area contributed by atoms with Crippen LogP contribution in [0.4, 0.5) is 5.69 Å². The fourth-order valence-corrected chi connectivity index (χ4v) is 2.47. The fraction of sp³-hybridized carbons (Fsp3) is 0.350. The first-order chi connectivity index (χ1) is 11.7. The Morgan fingerprint density at radius 3 is 2.36 bits per heavy atom. The van der Waals surface area contributed by atoms with Crippen molar-refractivity contribution in [3.63, 3.8) is 0 Å². The molecule has 2 N–H and O–H groups in total. The molecule has 0 spiro atoms. The summed E-state index contributed by atoms with van der Waals surface area (Å²) in [6.45, 7) is 10.0. The number of para-hydroxylation sites is 1. The minimum absolute atomic E-state index is 0.0246. The van der Waals surface area contributed by atoms with Crippen molar-refractivity contribution in [2.45, 2.75) is 46.1 Å². The Labute approximate surface area is 148 Å². The maximum Gasteiger partial charge on any atom is 0.274 e. The molecule has 2 aromatic rings. The zero-order valence-electron chi connectivity index (χ0n) is 15.4. The number of benzene rings is 1. The quantitative estimate of drug-likeness (QED) is 0.891. The third kappa shape index (κ3) is 4.89. The largest absolute Gasteiger partial charge is 0.350 e. The van der Waals surface area contributed by atoms with Gasteiger partial charge < -0.3 is 10.6 Å². The zero-order chi connectivity index (χ0) is 18.6. The van der Waals surface area contributed by atoms with Gasteiger partial charge in [-0.2, -0.15) is 0 Å². The number of pyridine rings is 1. The average molecular weight is 339 g/mol. The molecule has 0 saturated carbocycles. The number of rotatable bonds is 4. The average Bonchev–Trinajstić information content (AvgIpc) is 2.54. The van der Waals surface area contributed by atoms with Crippen LogP contribution in [0.15, 0.2) is 42.6 Å². The van der Waals surface area contributed by atoms with Gasteiger partial charge >= 0.3 is 0 Å². The van der Waals surface area contributed by atoms with Crippen LogP contribution in [0.3, 0.4) is 0 Å². The van der Waals surface area contributed by atoms with Crippen molar-refractivity contribution in [1.82, 2.24) is 10.3 Å². The topological polar surface area (TPSA) is 71.1 Å². The second-order valence-corrected chi connectivity index (χ2v) is 7.31. The number of hydrogen-bond acceptors (Lipinski definition) is 3. The molecule has 0 aliphatic heterocycles. The van der Waals surface area contributed by atoms with E-state index in [1.165, 1.54) is 12.3 Å². The van der Waals surface area contributed by atoms with Crippen LogP contribution in [0.5, 0.6) is 0 Å². The number of anilines is 1. The molecule has 1 heterocycles. The van der Waals surface area contributed by atoms with Crippen LogP contribution in [0, 0.1) is 0 Å². The second-order valence-electron chi connectivity index (χ2n) is 7.31. The van der Waals surface area contributed by atoms with Gasteiger partial charge in [-0.25, -0.2) is 0 Å². The van der Waals surface area contributed by atoms with Gasteiger partial charge in [0.1, 0.15) is 5.69 Å². The van der Waals surface area contributed by atoms with Gasteiger partial charge in [-0.3, -0.25) is 14.6 Å². The van der Waals surface area contributed by atoms with Crippen molar-refractivity contribution < 1.29 is 9.59 Å². The molecular weight excluding hydrogens is 314 g/mol. The summed E-state index contributed by atoms with van der Waals surface area (Å²) in [6, 6.07) is 10.8. The lowest BCUT2D eigenvalue weighted by atomic mass is 9.86. The summed E-state index contributed by atoms with van der Waals surface area (Å²) in [5, 5.41) is 5.71. The maximum atomic E-state index is 12.6. The molecule has 5 nitrogen and oxygen atoms in total. The molecule has 0 fully saturated rings. The highest BCUT2D eigenvalue weighted by Crippen LogP contribution is 2.29. The Balaban J connectivity index is 2.24. The van der Waals surface area contributed by atoms with Gasteiger partial charge in [0.15, 0.2) is 0 Å². The second kappa shape index (κ2) is 7.47. The number of aromatic nitrogens is 1. The predicted molar refractivity (Wildman–Crippen MR) is 99.9 cm³/mol. The van der Waals surface area contributed by atoms with E-state index in [1.54, 1.807) is 6.07 Å². The van der Waals surface area contributed by atoms with Crippen molar-refractivity contribution in [1.29, 1.82) is 0 Å². The summed E-state index contributed by atoms with van der Waals surface area (Å²) in [7, 11) is 0. The van der Waals surface area contributed by atoms with Crippen molar-refractivity contribution in [3.8, 4) is 0 Å². The summed E-state index contributed by atoms with van der Waals surface area (Å²) >= 11 is 0. The van der Waals surface area contributed by atoms with Gasteiger partial charge in [-0.15, -0.1) is 0 Å². The molecule has 2 amide bonds. The molecule has 2 rings (SSSR count). The first kappa shape index (κ1) is 18.6. The van der Waals surface area contributed by atoms with Gasteiger partial charge in [0, 0.05) is 23.5 Å². The minimum atomic E-state index is -0.337. The van der Waals surface area contributed by atoms with E-state index in [-0.39, 0.29) is 29.0 Å². The standard InChI is InChI=1S/C20H25N3O2/c1-13(2)22-18(24)14-10-11-21-17(12-14)19(25)23-16-9-7-6-8-15(16)20(3,4)5/h6-13H,1-5H3,(H,22,24)(H,23,25). The normalized spacial score (nSPS) is 11.3. The van der Waals surface area contributed by atoms with Crippen LogP contribution < -0.4 is 10.6 Å². The van der Waals surface area contributed by atoms with Gasteiger partial charge in [0.05, 0.1) is 0 Å². The van der Waals surface area contributed by atoms with Crippen LogP contribution in [0.25, 0.3) is 0 Å². The molecule has 0 aliphatic carbocycles. The summed E-state index contributed by atoms with van der Waals surface area (Å²) in [6.07, 6.45) is 1.47. The fourth-order valence-electron chi connectivity index (χ4n) is 2.47. The molecule has 5 heteroatoms. The molecule has 132 valence electrons. The lowest BCUT2D eigenvalue weighted by Gasteiger charge is -2.22. The van der Waals surface area contributed by atoms with Crippen LogP contribution in [0.1, 0.15) is 61.0 Å². The number of nitrogens with zero attached hydrogens (tertiary/aromatic N) is 1.